The molecule has 0 radical (unpaired) electrons. The quantitative estimate of drug-likeness (QED) is 0.110. The SMILES string of the molecule is C1=C(c2ccccc2)Cc2ccc(C(c3ccccc3)c3ccc(-c4cccc5c4ccc4cccc(N(c6ccccc6)c6ccccc6)c45)cc3)cc2-c2ccccc21. The van der Waals surface area contributed by atoms with Gasteiger partial charge in [-0.1, -0.05) is 206 Å². The van der Waals surface area contributed by atoms with Crippen LogP contribution in [0.5, 0.6) is 0 Å². The standard InChI is InChI=1S/C60H43N/c1-5-17-42(18-6-1)50-39-47-21-13-14-27-54(47)57-41-49(36-35-48(57)40-50)59(44-19-7-2-8-20-44)46-33-31-43(32-34-46)53-28-16-29-56-55(53)38-37-45-22-15-30-58(60(45)56)61(51-23-9-3-10-24-51)52-25-11-4-12-26-52/h1-39,41,59H,40H2. The molecular weight excluding hydrogens is 735 g/mol. The third-order valence-electron chi connectivity index (χ3n) is 12.4. The highest BCUT2D eigenvalue weighted by Gasteiger charge is 2.23. The highest BCUT2D eigenvalue weighted by Crippen LogP contribution is 2.44. The first-order valence-electron chi connectivity index (χ1n) is 21.2. The summed E-state index contributed by atoms with van der Waals surface area (Å²) in [7, 11) is 0. The number of para-hydroxylation sites is 2. The van der Waals surface area contributed by atoms with Crippen molar-refractivity contribution in [2.45, 2.75) is 12.3 Å². The molecule has 1 aliphatic rings. The van der Waals surface area contributed by atoms with E-state index in [4.69, 9.17) is 0 Å². The number of benzene rings is 10. The van der Waals surface area contributed by atoms with E-state index in [1.165, 1.54) is 82.8 Å². The average molecular weight is 778 g/mol. The van der Waals surface area contributed by atoms with E-state index in [9.17, 15) is 0 Å². The first kappa shape index (κ1) is 36.3. The van der Waals surface area contributed by atoms with E-state index in [1.54, 1.807) is 0 Å². The number of hydrogen-bond acceptors (Lipinski definition) is 1. The number of rotatable bonds is 8. The van der Waals surface area contributed by atoms with Crippen molar-refractivity contribution in [3.8, 4) is 22.3 Å². The molecule has 1 unspecified atom stereocenters. The van der Waals surface area contributed by atoms with E-state index in [2.05, 4.69) is 248 Å². The van der Waals surface area contributed by atoms with Crippen molar-refractivity contribution in [2.75, 3.05) is 4.90 Å². The van der Waals surface area contributed by atoms with Gasteiger partial charge in [0, 0.05) is 22.7 Å². The molecule has 0 saturated carbocycles. The van der Waals surface area contributed by atoms with Crippen LogP contribution in [0, 0.1) is 0 Å². The molecule has 0 saturated heterocycles. The summed E-state index contributed by atoms with van der Waals surface area (Å²) in [6, 6.07) is 86.6. The topological polar surface area (TPSA) is 3.24 Å². The number of nitrogens with zero attached hydrogens (tertiary/aromatic N) is 1. The van der Waals surface area contributed by atoms with Crippen molar-refractivity contribution < 1.29 is 0 Å². The molecule has 0 N–H and O–H groups in total. The third-order valence-corrected chi connectivity index (χ3v) is 12.4. The zero-order chi connectivity index (χ0) is 40.5. The minimum Gasteiger partial charge on any atom is -0.310 e. The van der Waals surface area contributed by atoms with E-state index in [1.807, 2.05) is 0 Å². The predicted octanol–water partition coefficient (Wildman–Crippen LogP) is 16.1. The van der Waals surface area contributed by atoms with E-state index >= 15 is 0 Å². The van der Waals surface area contributed by atoms with Crippen LogP contribution >= 0.6 is 0 Å². The van der Waals surface area contributed by atoms with Crippen LogP contribution in [0.1, 0.15) is 39.3 Å². The van der Waals surface area contributed by atoms with Crippen LogP contribution in [-0.2, 0) is 6.42 Å². The van der Waals surface area contributed by atoms with E-state index in [-0.39, 0.29) is 5.92 Å². The Balaban J connectivity index is 1.01. The summed E-state index contributed by atoms with van der Waals surface area (Å²) in [4.78, 5) is 2.38. The molecule has 1 nitrogen and oxygen atoms in total. The van der Waals surface area contributed by atoms with E-state index in [0.717, 1.165) is 23.5 Å². The van der Waals surface area contributed by atoms with Gasteiger partial charge in [0.15, 0.2) is 0 Å². The number of fused-ring (bicyclic) bond motifs is 6. The van der Waals surface area contributed by atoms with Gasteiger partial charge < -0.3 is 4.90 Å². The maximum Gasteiger partial charge on any atom is 0.0546 e. The Bertz CT molecular complexity index is 3150. The second-order valence-electron chi connectivity index (χ2n) is 16.0. The summed E-state index contributed by atoms with van der Waals surface area (Å²) in [5.41, 5.74) is 17.5. The smallest absolute Gasteiger partial charge is 0.0546 e. The second kappa shape index (κ2) is 15.8. The van der Waals surface area contributed by atoms with Gasteiger partial charge in [-0.05, 0) is 120 Å². The van der Waals surface area contributed by atoms with Crippen LogP contribution in [0.2, 0.25) is 0 Å². The monoisotopic (exact) mass is 777 g/mol. The van der Waals surface area contributed by atoms with Crippen LogP contribution in [0.4, 0.5) is 17.1 Å². The molecule has 0 fully saturated rings. The number of anilines is 3. The molecule has 1 heteroatoms. The third kappa shape index (κ3) is 6.81. The Kier molecular flexibility index (Phi) is 9.41. The summed E-state index contributed by atoms with van der Waals surface area (Å²) < 4.78 is 0. The fraction of sp³-hybridized carbons (Fsp3) is 0.0333. The van der Waals surface area contributed by atoms with E-state index < -0.39 is 0 Å². The highest BCUT2D eigenvalue weighted by atomic mass is 15.1. The van der Waals surface area contributed by atoms with Crippen molar-refractivity contribution >= 4 is 50.3 Å². The van der Waals surface area contributed by atoms with Gasteiger partial charge in [-0.3, -0.25) is 0 Å². The van der Waals surface area contributed by atoms with Crippen LogP contribution in [0.25, 0.3) is 55.4 Å². The summed E-state index contributed by atoms with van der Waals surface area (Å²) in [5.74, 6) is 0.0680. The zero-order valence-electron chi connectivity index (χ0n) is 33.8. The maximum absolute atomic E-state index is 2.46. The fourth-order valence-electron chi connectivity index (χ4n) is 9.55. The van der Waals surface area contributed by atoms with Gasteiger partial charge in [0.1, 0.15) is 0 Å². The van der Waals surface area contributed by atoms with E-state index in [0.29, 0.717) is 0 Å². The van der Waals surface area contributed by atoms with Crippen molar-refractivity contribution in [3.05, 3.63) is 270 Å². The van der Waals surface area contributed by atoms with Gasteiger partial charge in [-0.2, -0.15) is 0 Å². The molecule has 0 bridgehead atoms. The van der Waals surface area contributed by atoms with Crippen LogP contribution in [0.15, 0.2) is 237 Å². The molecule has 11 rings (SSSR count). The first-order chi connectivity index (χ1) is 30.3. The normalized spacial score (nSPS) is 12.6. The Hall–Kier alpha value is -7.74. The second-order valence-corrected chi connectivity index (χ2v) is 16.0. The Morgan fingerprint density at radius 3 is 1.72 bits per heavy atom. The van der Waals surface area contributed by atoms with Gasteiger partial charge in [-0.15, -0.1) is 0 Å². The summed E-state index contributed by atoms with van der Waals surface area (Å²) in [6.45, 7) is 0. The largest absolute Gasteiger partial charge is 0.310 e. The van der Waals surface area contributed by atoms with Crippen molar-refractivity contribution in [1.29, 1.82) is 0 Å². The minimum atomic E-state index is 0.0680. The molecule has 61 heavy (non-hydrogen) atoms. The van der Waals surface area contributed by atoms with Gasteiger partial charge in [-0.25, -0.2) is 0 Å². The molecule has 0 heterocycles. The highest BCUT2D eigenvalue weighted by molar-refractivity contribution is 6.18. The fourth-order valence-corrected chi connectivity index (χ4v) is 9.55. The molecule has 10 aromatic carbocycles. The molecular formula is C60H43N. The van der Waals surface area contributed by atoms with Crippen molar-refractivity contribution in [1.82, 2.24) is 0 Å². The van der Waals surface area contributed by atoms with Crippen LogP contribution in [0.3, 0.4) is 0 Å². The lowest BCUT2D eigenvalue weighted by Crippen LogP contribution is -2.10. The van der Waals surface area contributed by atoms with Crippen molar-refractivity contribution in [3.63, 3.8) is 0 Å². The average Bonchev–Trinajstić information content (AvgIpc) is 3.50. The van der Waals surface area contributed by atoms with Crippen LogP contribution in [-0.4, -0.2) is 0 Å². The molecule has 0 aromatic heterocycles. The molecule has 1 aliphatic carbocycles. The molecule has 0 spiro atoms. The number of allylic oxidation sites excluding steroid dienone is 1. The lowest BCUT2D eigenvalue weighted by Gasteiger charge is -2.27. The molecule has 1 atom stereocenters. The Labute approximate surface area is 358 Å². The van der Waals surface area contributed by atoms with Crippen LogP contribution < -0.4 is 4.90 Å². The lowest BCUT2D eigenvalue weighted by atomic mass is 9.82. The van der Waals surface area contributed by atoms with Gasteiger partial charge in [0.05, 0.1) is 5.69 Å². The van der Waals surface area contributed by atoms with Gasteiger partial charge in [0.25, 0.3) is 0 Å². The Morgan fingerprint density at radius 2 is 0.984 bits per heavy atom. The molecule has 288 valence electrons. The lowest BCUT2D eigenvalue weighted by molar-refractivity contribution is 0.976. The Morgan fingerprint density at radius 1 is 0.377 bits per heavy atom. The minimum absolute atomic E-state index is 0.0680. The first-order valence-corrected chi connectivity index (χ1v) is 21.2. The number of hydrogen-bond donors (Lipinski definition) is 0. The van der Waals surface area contributed by atoms with Gasteiger partial charge >= 0.3 is 0 Å². The molecule has 10 aromatic rings. The molecule has 0 amide bonds. The predicted molar refractivity (Wildman–Crippen MR) is 259 cm³/mol. The summed E-state index contributed by atoms with van der Waals surface area (Å²) >= 11 is 0. The summed E-state index contributed by atoms with van der Waals surface area (Å²) in [5, 5.41) is 4.94. The van der Waals surface area contributed by atoms with Gasteiger partial charge in [0.2, 0.25) is 0 Å². The molecule has 0 aliphatic heterocycles. The maximum atomic E-state index is 2.46. The zero-order valence-corrected chi connectivity index (χ0v) is 33.8. The summed E-state index contributed by atoms with van der Waals surface area (Å²) in [6.07, 6.45) is 3.27. The van der Waals surface area contributed by atoms with Crippen molar-refractivity contribution in [2.24, 2.45) is 0 Å².